The second-order valence-corrected chi connectivity index (χ2v) is 6.04. The first kappa shape index (κ1) is 16.2. The van der Waals surface area contributed by atoms with Crippen molar-refractivity contribution < 1.29 is 4.79 Å². The smallest absolute Gasteiger partial charge is 0.237 e. The number of nitrogens with zero attached hydrogens (tertiary/aromatic N) is 2. The molecule has 118 valence electrons. The molecule has 2 aromatic rings. The minimum atomic E-state index is -0.485. The lowest BCUT2D eigenvalue weighted by molar-refractivity contribution is -0.123. The molecule has 1 amide bonds. The molecule has 0 bridgehead atoms. The summed E-state index contributed by atoms with van der Waals surface area (Å²) in [5.74, 6) is 0.866. The lowest BCUT2D eigenvalue weighted by atomic mass is 10.0. The SMILES string of the molecule is CC(C)[C@H](N)C(=O)NCc1cc(N(C)C)nc2ccccc12. The number of anilines is 1. The number of amides is 1. The lowest BCUT2D eigenvalue weighted by Crippen LogP contribution is -2.43. The van der Waals surface area contributed by atoms with Crippen molar-refractivity contribution in [3.8, 4) is 0 Å². The van der Waals surface area contributed by atoms with Crippen LogP contribution in [0.15, 0.2) is 30.3 Å². The zero-order valence-corrected chi connectivity index (χ0v) is 13.6. The highest BCUT2D eigenvalue weighted by Crippen LogP contribution is 2.22. The molecule has 5 heteroatoms. The van der Waals surface area contributed by atoms with E-state index in [1.165, 1.54) is 0 Å². The Bertz CT molecular complexity index is 667. The third kappa shape index (κ3) is 3.54. The number of nitrogens with two attached hydrogens (primary N) is 1. The monoisotopic (exact) mass is 300 g/mol. The highest BCUT2D eigenvalue weighted by molar-refractivity contribution is 5.86. The summed E-state index contributed by atoms with van der Waals surface area (Å²) in [4.78, 5) is 18.6. The van der Waals surface area contributed by atoms with Crippen molar-refractivity contribution in [1.29, 1.82) is 0 Å². The Morgan fingerprint density at radius 1 is 1.32 bits per heavy atom. The lowest BCUT2D eigenvalue weighted by Gasteiger charge is -2.18. The Morgan fingerprint density at radius 2 is 2.00 bits per heavy atom. The molecule has 3 N–H and O–H groups in total. The number of hydrogen-bond donors (Lipinski definition) is 2. The standard InChI is InChI=1S/C17H24N4O/c1-11(2)16(18)17(22)19-10-12-9-15(21(3)4)20-14-8-6-5-7-13(12)14/h5-9,11,16H,10,18H2,1-4H3,(H,19,22)/t16-/m0/s1. The van der Waals surface area contributed by atoms with Gasteiger partial charge in [-0.1, -0.05) is 32.0 Å². The van der Waals surface area contributed by atoms with Crippen molar-refractivity contribution in [3.63, 3.8) is 0 Å². The van der Waals surface area contributed by atoms with E-state index >= 15 is 0 Å². The van der Waals surface area contributed by atoms with Crippen LogP contribution >= 0.6 is 0 Å². The van der Waals surface area contributed by atoms with E-state index in [9.17, 15) is 4.79 Å². The summed E-state index contributed by atoms with van der Waals surface area (Å²) in [5, 5.41) is 3.98. The highest BCUT2D eigenvalue weighted by Gasteiger charge is 2.17. The molecule has 1 aromatic heterocycles. The first-order chi connectivity index (χ1) is 10.4. The van der Waals surface area contributed by atoms with Gasteiger partial charge in [-0.2, -0.15) is 0 Å². The summed E-state index contributed by atoms with van der Waals surface area (Å²) >= 11 is 0. The highest BCUT2D eigenvalue weighted by atomic mass is 16.2. The number of hydrogen-bond acceptors (Lipinski definition) is 4. The van der Waals surface area contributed by atoms with Gasteiger partial charge in [0.15, 0.2) is 0 Å². The van der Waals surface area contributed by atoms with E-state index in [1.54, 1.807) is 0 Å². The van der Waals surface area contributed by atoms with E-state index < -0.39 is 6.04 Å². The zero-order chi connectivity index (χ0) is 16.3. The fraction of sp³-hybridized carbons (Fsp3) is 0.412. The molecule has 22 heavy (non-hydrogen) atoms. The van der Waals surface area contributed by atoms with Gasteiger partial charge in [0.25, 0.3) is 0 Å². The molecule has 0 unspecified atom stereocenters. The first-order valence-electron chi connectivity index (χ1n) is 7.49. The Hall–Kier alpha value is -2.14. The van der Waals surface area contributed by atoms with Crippen LogP contribution < -0.4 is 16.0 Å². The topological polar surface area (TPSA) is 71.2 Å². The second-order valence-electron chi connectivity index (χ2n) is 6.04. The molecule has 1 heterocycles. The first-order valence-corrected chi connectivity index (χ1v) is 7.49. The maximum Gasteiger partial charge on any atom is 0.237 e. The molecule has 0 aliphatic heterocycles. The summed E-state index contributed by atoms with van der Waals surface area (Å²) in [6.07, 6.45) is 0. The molecule has 0 fully saturated rings. The molecule has 2 rings (SSSR count). The number of fused-ring (bicyclic) bond motifs is 1. The summed E-state index contributed by atoms with van der Waals surface area (Å²) in [5.41, 5.74) is 7.85. The Balaban J connectivity index is 2.28. The average molecular weight is 300 g/mol. The Labute approximate surface area is 131 Å². The number of nitrogens with one attached hydrogen (secondary N) is 1. The van der Waals surface area contributed by atoms with Crippen LogP contribution in [0.1, 0.15) is 19.4 Å². The van der Waals surface area contributed by atoms with Crippen LogP contribution in [0.2, 0.25) is 0 Å². The quantitative estimate of drug-likeness (QED) is 0.884. The van der Waals surface area contributed by atoms with Gasteiger partial charge in [-0.15, -0.1) is 0 Å². The minimum absolute atomic E-state index is 0.117. The minimum Gasteiger partial charge on any atom is -0.363 e. The normalized spacial score (nSPS) is 12.5. The van der Waals surface area contributed by atoms with Crippen molar-refractivity contribution >= 4 is 22.6 Å². The molecule has 0 saturated heterocycles. The number of carbonyl (C=O) groups excluding carboxylic acids is 1. The average Bonchev–Trinajstić information content (AvgIpc) is 2.50. The van der Waals surface area contributed by atoms with Gasteiger partial charge < -0.3 is 16.0 Å². The molecule has 5 nitrogen and oxygen atoms in total. The molecule has 0 aliphatic rings. The molecule has 0 spiro atoms. The van der Waals surface area contributed by atoms with Gasteiger partial charge in [-0.25, -0.2) is 4.98 Å². The molecular formula is C17H24N4O. The molecule has 0 radical (unpaired) electrons. The van der Waals surface area contributed by atoms with Crippen LogP contribution in [-0.4, -0.2) is 31.0 Å². The van der Waals surface area contributed by atoms with Gasteiger partial charge >= 0.3 is 0 Å². The van der Waals surface area contributed by atoms with Gasteiger partial charge in [0, 0.05) is 26.0 Å². The number of carbonyl (C=O) groups is 1. The number of para-hydroxylation sites is 1. The van der Waals surface area contributed by atoms with E-state index in [2.05, 4.69) is 10.3 Å². The van der Waals surface area contributed by atoms with Gasteiger partial charge in [0.1, 0.15) is 5.82 Å². The summed E-state index contributed by atoms with van der Waals surface area (Å²) in [6.45, 7) is 4.33. The van der Waals surface area contributed by atoms with Crippen LogP contribution in [0.5, 0.6) is 0 Å². The fourth-order valence-corrected chi connectivity index (χ4v) is 2.21. The zero-order valence-electron chi connectivity index (χ0n) is 13.6. The third-order valence-electron chi connectivity index (χ3n) is 3.72. The summed E-state index contributed by atoms with van der Waals surface area (Å²) in [6, 6.07) is 9.46. The van der Waals surface area contributed by atoms with E-state index in [0.717, 1.165) is 22.3 Å². The molecule has 0 aliphatic carbocycles. The van der Waals surface area contributed by atoms with Crippen LogP contribution in [-0.2, 0) is 11.3 Å². The number of aromatic nitrogens is 1. The predicted molar refractivity (Wildman–Crippen MR) is 90.7 cm³/mol. The molecule has 1 aromatic carbocycles. The molecular weight excluding hydrogens is 276 g/mol. The van der Waals surface area contributed by atoms with Gasteiger partial charge in [0.2, 0.25) is 5.91 Å². The van der Waals surface area contributed by atoms with Crippen molar-refractivity contribution in [2.24, 2.45) is 11.7 Å². The third-order valence-corrected chi connectivity index (χ3v) is 3.72. The fourth-order valence-electron chi connectivity index (χ4n) is 2.21. The summed E-state index contributed by atoms with van der Waals surface area (Å²) < 4.78 is 0. The van der Waals surface area contributed by atoms with E-state index in [-0.39, 0.29) is 11.8 Å². The maximum atomic E-state index is 12.1. The Morgan fingerprint density at radius 3 is 2.64 bits per heavy atom. The van der Waals surface area contributed by atoms with E-state index in [1.807, 2.05) is 63.2 Å². The van der Waals surface area contributed by atoms with Crippen molar-refractivity contribution in [2.75, 3.05) is 19.0 Å². The van der Waals surface area contributed by atoms with Crippen LogP contribution in [0.4, 0.5) is 5.82 Å². The van der Waals surface area contributed by atoms with Crippen LogP contribution in [0.3, 0.4) is 0 Å². The predicted octanol–water partition coefficient (Wildman–Crippen LogP) is 1.90. The van der Waals surface area contributed by atoms with E-state index in [4.69, 9.17) is 5.73 Å². The van der Waals surface area contributed by atoms with Crippen molar-refractivity contribution in [3.05, 3.63) is 35.9 Å². The van der Waals surface area contributed by atoms with E-state index in [0.29, 0.717) is 6.54 Å². The number of rotatable bonds is 5. The van der Waals surface area contributed by atoms with Crippen LogP contribution in [0.25, 0.3) is 10.9 Å². The number of benzene rings is 1. The second kappa shape index (κ2) is 6.75. The summed E-state index contributed by atoms with van der Waals surface area (Å²) in [7, 11) is 3.91. The molecule has 1 atom stereocenters. The largest absolute Gasteiger partial charge is 0.363 e. The van der Waals surface area contributed by atoms with Crippen molar-refractivity contribution in [1.82, 2.24) is 10.3 Å². The van der Waals surface area contributed by atoms with Crippen molar-refractivity contribution in [2.45, 2.75) is 26.4 Å². The number of pyridine rings is 1. The Kier molecular flexibility index (Phi) is 4.98. The van der Waals surface area contributed by atoms with Gasteiger partial charge in [-0.05, 0) is 23.6 Å². The molecule has 0 saturated carbocycles. The van der Waals surface area contributed by atoms with Crippen LogP contribution in [0, 0.1) is 5.92 Å². The van der Waals surface area contributed by atoms with Gasteiger partial charge in [-0.3, -0.25) is 4.79 Å². The maximum absolute atomic E-state index is 12.1. The van der Waals surface area contributed by atoms with Gasteiger partial charge in [0.05, 0.1) is 11.6 Å².